The second-order valence-corrected chi connectivity index (χ2v) is 9.09. The highest BCUT2D eigenvalue weighted by Crippen LogP contribution is 2.28. The minimum absolute atomic E-state index is 0.121. The van der Waals surface area contributed by atoms with Gasteiger partial charge in [0.15, 0.2) is 10.3 Å². The summed E-state index contributed by atoms with van der Waals surface area (Å²) in [5.41, 5.74) is 5.21. The van der Waals surface area contributed by atoms with Gasteiger partial charge in [0.05, 0.1) is 16.6 Å². The molecule has 152 valence electrons. The number of aromatic nitrogens is 4. The van der Waals surface area contributed by atoms with E-state index in [2.05, 4.69) is 46.5 Å². The van der Waals surface area contributed by atoms with E-state index in [4.69, 9.17) is 0 Å². The quantitative estimate of drug-likeness (QED) is 0.425. The van der Waals surface area contributed by atoms with E-state index in [1.807, 2.05) is 53.3 Å². The zero-order valence-electron chi connectivity index (χ0n) is 16.9. The van der Waals surface area contributed by atoms with Crippen molar-refractivity contribution in [2.24, 2.45) is 0 Å². The van der Waals surface area contributed by atoms with Crippen LogP contribution in [0.5, 0.6) is 0 Å². The maximum absolute atomic E-state index is 12.7. The first-order valence-electron chi connectivity index (χ1n) is 9.47. The van der Waals surface area contributed by atoms with Gasteiger partial charge in [-0.3, -0.25) is 9.36 Å². The molecule has 0 fully saturated rings. The van der Waals surface area contributed by atoms with Crippen molar-refractivity contribution in [3.63, 3.8) is 0 Å². The molecule has 30 heavy (non-hydrogen) atoms. The predicted molar refractivity (Wildman–Crippen MR) is 122 cm³/mol. The van der Waals surface area contributed by atoms with Crippen molar-refractivity contribution in [1.29, 1.82) is 0 Å². The van der Waals surface area contributed by atoms with Crippen molar-refractivity contribution in [2.75, 3.05) is 5.32 Å². The van der Waals surface area contributed by atoms with Crippen LogP contribution < -0.4 is 5.32 Å². The lowest BCUT2D eigenvalue weighted by molar-refractivity contribution is -0.115. The molecule has 6 nitrogen and oxygen atoms in total. The molecule has 0 aliphatic rings. The van der Waals surface area contributed by atoms with Crippen LogP contribution in [0.25, 0.3) is 16.9 Å². The van der Waals surface area contributed by atoms with Gasteiger partial charge in [-0.15, -0.1) is 21.5 Å². The highest BCUT2D eigenvalue weighted by atomic mass is 32.2. The summed E-state index contributed by atoms with van der Waals surface area (Å²) in [5.74, 6) is -0.121. The largest absolute Gasteiger partial charge is 0.301 e. The highest BCUT2D eigenvalue weighted by molar-refractivity contribution is 8.00. The lowest BCUT2D eigenvalue weighted by Gasteiger charge is -2.13. The molecule has 0 aliphatic carbocycles. The van der Waals surface area contributed by atoms with Crippen LogP contribution in [0.3, 0.4) is 0 Å². The Labute approximate surface area is 183 Å². The summed E-state index contributed by atoms with van der Waals surface area (Å²) in [4.78, 5) is 17.3. The molecule has 2 aromatic carbocycles. The zero-order chi connectivity index (χ0) is 21.1. The molecule has 0 radical (unpaired) electrons. The van der Waals surface area contributed by atoms with Crippen molar-refractivity contribution in [3.8, 4) is 16.9 Å². The molecule has 1 N–H and O–H groups in total. The van der Waals surface area contributed by atoms with Crippen LogP contribution in [0.15, 0.2) is 65.4 Å². The van der Waals surface area contributed by atoms with Crippen molar-refractivity contribution in [2.45, 2.75) is 31.2 Å². The number of thiazole rings is 1. The Morgan fingerprint density at radius 3 is 2.73 bits per heavy atom. The van der Waals surface area contributed by atoms with E-state index in [1.165, 1.54) is 28.7 Å². The number of benzene rings is 2. The van der Waals surface area contributed by atoms with E-state index in [-0.39, 0.29) is 11.2 Å². The molecule has 0 aliphatic heterocycles. The van der Waals surface area contributed by atoms with Crippen LogP contribution in [0.2, 0.25) is 0 Å². The van der Waals surface area contributed by atoms with E-state index in [9.17, 15) is 4.79 Å². The van der Waals surface area contributed by atoms with Crippen LogP contribution in [-0.2, 0) is 4.79 Å². The summed E-state index contributed by atoms with van der Waals surface area (Å²) in [7, 11) is 0. The van der Waals surface area contributed by atoms with Gasteiger partial charge in [-0.25, -0.2) is 4.98 Å². The zero-order valence-corrected chi connectivity index (χ0v) is 18.5. The Bertz CT molecular complexity index is 1170. The summed E-state index contributed by atoms with van der Waals surface area (Å²) in [6.45, 7) is 5.97. The summed E-state index contributed by atoms with van der Waals surface area (Å²) in [6, 6.07) is 16.1. The third-order valence-corrected chi connectivity index (χ3v) is 6.40. The van der Waals surface area contributed by atoms with Crippen molar-refractivity contribution >= 4 is 34.1 Å². The second kappa shape index (κ2) is 8.81. The van der Waals surface area contributed by atoms with Gasteiger partial charge in [-0.05, 0) is 32.4 Å². The van der Waals surface area contributed by atoms with Crippen LogP contribution in [0, 0.1) is 13.8 Å². The second-order valence-electron chi connectivity index (χ2n) is 6.93. The smallest absolute Gasteiger partial charge is 0.239 e. The summed E-state index contributed by atoms with van der Waals surface area (Å²) in [5, 5.41) is 14.0. The number of carbonyl (C=O) groups excluding carboxylic acids is 1. The standard InChI is InChI=1S/C22H21N5OS2/c1-14-9-10-19(15(2)11-14)27-13-23-26-22(27)30-16(3)20(28)25-21-24-18(12-29-21)17-7-5-4-6-8-17/h4-13,16H,1-3H3,(H,24,25,28). The molecular weight excluding hydrogens is 414 g/mol. The lowest BCUT2D eigenvalue weighted by atomic mass is 10.1. The van der Waals surface area contributed by atoms with Crippen molar-refractivity contribution in [3.05, 3.63) is 71.4 Å². The first-order valence-corrected chi connectivity index (χ1v) is 11.2. The molecule has 8 heteroatoms. The van der Waals surface area contributed by atoms with Crippen LogP contribution in [-0.4, -0.2) is 30.9 Å². The van der Waals surface area contributed by atoms with Crippen LogP contribution in [0.1, 0.15) is 18.1 Å². The summed E-state index contributed by atoms with van der Waals surface area (Å²) < 4.78 is 1.92. The maximum Gasteiger partial charge on any atom is 0.239 e. The monoisotopic (exact) mass is 435 g/mol. The minimum Gasteiger partial charge on any atom is -0.301 e. The average Bonchev–Trinajstić information content (AvgIpc) is 3.38. The number of carbonyl (C=O) groups is 1. The Morgan fingerprint density at radius 2 is 1.97 bits per heavy atom. The lowest BCUT2D eigenvalue weighted by Crippen LogP contribution is -2.22. The molecule has 0 saturated carbocycles. The number of anilines is 1. The molecule has 4 aromatic rings. The molecule has 1 amide bonds. The van der Waals surface area contributed by atoms with Gasteiger partial charge in [0, 0.05) is 10.9 Å². The molecule has 1 unspecified atom stereocenters. The predicted octanol–water partition coefficient (Wildman–Crippen LogP) is 5.13. The van der Waals surface area contributed by atoms with Crippen molar-refractivity contribution < 1.29 is 4.79 Å². The van der Waals surface area contributed by atoms with E-state index in [1.54, 1.807) is 6.33 Å². The van der Waals surface area contributed by atoms with Gasteiger partial charge in [0.25, 0.3) is 0 Å². The SMILES string of the molecule is Cc1ccc(-n2cnnc2SC(C)C(=O)Nc2nc(-c3ccccc3)cs2)c(C)c1. The minimum atomic E-state index is -0.359. The number of aryl methyl sites for hydroxylation is 2. The van der Waals surface area contributed by atoms with E-state index < -0.39 is 0 Å². The molecule has 4 rings (SSSR count). The first-order chi connectivity index (χ1) is 14.5. The molecule has 2 heterocycles. The van der Waals surface area contributed by atoms with Crippen LogP contribution in [0.4, 0.5) is 5.13 Å². The highest BCUT2D eigenvalue weighted by Gasteiger charge is 2.20. The van der Waals surface area contributed by atoms with Gasteiger partial charge in [0.1, 0.15) is 6.33 Å². The molecule has 0 saturated heterocycles. The number of hydrogen-bond donors (Lipinski definition) is 1. The average molecular weight is 436 g/mol. The fraction of sp³-hybridized carbons (Fsp3) is 0.182. The molecule has 2 aromatic heterocycles. The third-order valence-electron chi connectivity index (χ3n) is 4.58. The van der Waals surface area contributed by atoms with E-state index in [0.717, 1.165) is 22.5 Å². The number of nitrogens with zero attached hydrogens (tertiary/aromatic N) is 4. The Kier molecular flexibility index (Phi) is 5.96. The van der Waals surface area contributed by atoms with Gasteiger partial charge >= 0.3 is 0 Å². The van der Waals surface area contributed by atoms with Gasteiger partial charge in [0.2, 0.25) is 5.91 Å². The Morgan fingerprint density at radius 1 is 1.17 bits per heavy atom. The summed E-state index contributed by atoms with van der Waals surface area (Å²) in [6.07, 6.45) is 1.68. The molecular formula is C22H21N5OS2. The topological polar surface area (TPSA) is 72.7 Å². The summed E-state index contributed by atoms with van der Waals surface area (Å²) >= 11 is 2.79. The molecule has 1 atom stereocenters. The maximum atomic E-state index is 12.7. The number of nitrogens with one attached hydrogen (secondary N) is 1. The fourth-order valence-corrected chi connectivity index (χ4v) is 4.60. The van der Waals surface area contributed by atoms with E-state index >= 15 is 0 Å². The number of thioether (sulfide) groups is 1. The number of hydrogen-bond acceptors (Lipinski definition) is 6. The normalized spacial score (nSPS) is 12.0. The molecule has 0 spiro atoms. The molecule has 0 bridgehead atoms. The van der Waals surface area contributed by atoms with Crippen molar-refractivity contribution in [1.82, 2.24) is 19.7 Å². The van der Waals surface area contributed by atoms with E-state index in [0.29, 0.717) is 10.3 Å². The number of rotatable bonds is 6. The first kappa shape index (κ1) is 20.3. The Hall–Kier alpha value is -2.97. The van der Waals surface area contributed by atoms with Gasteiger partial charge < -0.3 is 5.32 Å². The Balaban J connectivity index is 1.45. The number of amides is 1. The third kappa shape index (κ3) is 4.44. The van der Waals surface area contributed by atoms with Crippen LogP contribution >= 0.6 is 23.1 Å². The van der Waals surface area contributed by atoms with Gasteiger partial charge in [-0.2, -0.15) is 0 Å². The fourth-order valence-electron chi connectivity index (χ4n) is 3.04. The van der Waals surface area contributed by atoms with Gasteiger partial charge in [-0.1, -0.05) is 59.8 Å².